The van der Waals surface area contributed by atoms with Crippen LogP contribution in [0.1, 0.15) is 17.4 Å². The SMILES string of the molecule is CNC(=O)NC(=O)CN(Cc1ccc(OC)cc1)[C@@H](C)Cc1cccs1. The van der Waals surface area contributed by atoms with E-state index in [2.05, 4.69) is 28.5 Å². The molecule has 2 aromatic rings. The van der Waals surface area contributed by atoms with Crippen LogP contribution in [-0.4, -0.2) is 43.6 Å². The van der Waals surface area contributed by atoms with E-state index in [1.807, 2.05) is 35.7 Å². The molecule has 1 aromatic heterocycles. The third kappa shape index (κ3) is 6.16. The lowest BCUT2D eigenvalue weighted by Crippen LogP contribution is -2.46. The Kier molecular flexibility index (Phi) is 7.62. The topological polar surface area (TPSA) is 70.7 Å². The molecule has 7 heteroatoms. The van der Waals surface area contributed by atoms with E-state index in [1.54, 1.807) is 18.4 Å². The fourth-order valence-electron chi connectivity index (χ4n) is 2.60. The summed E-state index contributed by atoms with van der Waals surface area (Å²) >= 11 is 1.71. The number of carbonyl (C=O) groups is 2. The number of ether oxygens (including phenoxy) is 1. The summed E-state index contributed by atoms with van der Waals surface area (Å²) in [5.74, 6) is 0.472. The third-order valence-corrected chi connectivity index (χ3v) is 4.97. The molecule has 1 aromatic carbocycles. The monoisotopic (exact) mass is 375 g/mol. The van der Waals surface area contributed by atoms with E-state index >= 15 is 0 Å². The van der Waals surface area contributed by atoms with Crippen molar-refractivity contribution in [3.8, 4) is 5.75 Å². The number of benzene rings is 1. The highest BCUT2D eigenvalue weighted by molar-refractivity contribution is 7.09. The fourth-order valence-corrected chi connectivity index (χ4v) is 3.42. The minimum atomic E-state index is -0.495. The van der Waals surface area contributed by atoms with Crippen LogP contribution < -0.4 is 15.4 Å². The Hall–Kier alpha value is -2.38. The van der Waals surface area contributed by atoms with Crippen molar-refractivity contribution < 1.29 is 14.3 Å². The molecule has 0 spiro atoms. The van der Waals surface area contributed by atoms with Crippen molar-refractivity contribution in [2.24, 2.45) is 0 Å². The molecule has 1 atom stereocenters. The van der Waals surface area contributed by atoms with E-state index in [9.17, 15) is 9.59 Å². The number of thiophene rings is 1. The van der Waals surface area contributed by atoms with Crippen molar-refractivity contribution in [2.45, 2.75) is 25.9 Å². The van der Waals surface area contributed by atoms with E-state index < -0.39 is 6.03 Å². The highest BCUT2D eigenvalue weighted by atomic mass is 32.1. The zero-order valence-corrected chi connectivity index (χ0v) is 16.1. The summed E-state index contributed by atoms with van der Waals surface area (Å²) in [5.41, 5.74) is 1.08. The van der Waals surface area contributed by atoms with Gasteiger partial charge >= 0.3 is 6.03 Å². The van der Waals surface area contributed by atoms with Gasteiger partial charge in [0.05, 0.1) is 13.7 Å². The second-order valence-electron chi connectivity index (χ2n) is 6.01. The van der Waals surface area contributed by atoms with Crippen molar-refractivity contribution in [1.29, 1.82) is 0 Å². The molecule has 0 aliphatic carbocycles. The summed E-state index contributed by atoms with van der Waals surface area (Å²) in [4.78, 5) is 26.9. The Morgan fingerprint density at radius 2 is 1.96 bits per heavy atom. The summed E-state index contributed by atoms with van der Waals surface area (Å²) < 4.78 is 5.19. The van der Waals surface area contributed by atoms with Gasteiger partial charge in [-0.3, -0.25) is 15.0 Å². The zero-order chi connectivity index (χ0) is 18.9. The first-order chi connectivity index (χ1) is 12.5. The summed E-state index contributed by atoms with van der Waals surface area (Å²) in [6.45, 7) is 2.85. The number of hydrogen-bond donors (Lipinski definition) is 2. The van der Waals surface area contributed by atoms with Gasteiger partial charge in [-0.25, -0.2) is 4.79 Å². The molecule has 1 heterocycles. The Morgan fingerprint density at radius 3 is 2.54 bits per heavy atom. The van der Waals surface area contributed by atoms with Gasteiger partial charge in [0.1, 0.15) is 5.75 Å². The van der Waals surface area contributed by atoms with Gasteiger partial charge in [-0.2, -0.15) is 0 Å². The maximum absolute atomic E-state index is 12.2. The molecule has 3 amide bonds. The summed E-state index contributed by atoms with van der Waals surface area (Å²) in [6.07, 6.45) is 0.848. The molecule has 0 aliphatic rings. The normalized spacial score (nSPS) is 11.8. The van der Waals surface area contributed by atoms with Gasteiger partial charge in [0.25, 0.3) is 0 Å². The molecule has 140 valence electrons. The highest BCUT2D eigenvalue weighted by Crippen LogP contribution is 2.18. The van der Waals surface area contributed by atoms with Crippen LogP contribution in [0.5, 0.6) is 5.75 Å². The number of nitrogens with zero attached hydrogens (tertiary/aromatic N) is 1. The minimum Gasteiger partial charge on any atom is -0.497 e. The van der Waals surface area contributed by atoms with Crippen molar-refractivity contribution in [3.63, 3.8) is 0 Å². The second kappa shape index (κ2) is 9.94. The Morgan fingerprint density at radius 1 is 1.23 bits per heavy atom. The molecule has 0 radical (unpaired) electrons. The molecule has 0 unspecified atom stereocenters. The Bertz CT molecular complexity index is 701. The van der Waals surface area contributed by atoms with E-state index in [-0.39, 0.29) is 18.5 Å². The second-order valence-corrected chi connectivity index (χ2v) is 7.05. The molecule has 2 rings (SSSR count). The molecule has 0 fully saturated rings. The van der Waals surface area contributed by atoms with Gasteiger partial charge in [0.15, 0.2) is 0 Å². The van der Waals surface area contributed by atoms with E-state index in [0.717, 1.165) is 17.7 Å². The lowest BCUT2D eigenvalue weighted by Gasteiger charge is -2.28. The van der Waals surface area contributed by atoms with Gasteiger partial charge in [0.2, 0.25) is 5.91 Å². The first-order valence-electron chi connectivity index (χ1n) is 8.42. The molecular formula is C19H25N3O3S. The van der Waals surface area contributed by atoms with Crippen LogP contribution in [0.25, 0.3) is 0 Å². The van der Waals surface area contributed by atoms with Gasteiger partial charge in [0, 0.05) is 24.5 Å². The molecule has 0 bridgehead atoms. The van der Waals surface area contributed by atoms with Crippen LogP contribution in [0.15, 0.2) is 41.8 Å². The van der Waals surface area contributed by atoms with E-state index in [4.69, 9.17) is 4.74 Å². The lowest BCUT2D eigenvalue weighted by molar-refractivity contribution is -0.121. The molecule has 26 heavy (non-hydrogen) atoms. The van der Waals surface area contributed by atoms with Crippen molar-refractivity contribution in [3.05, 3.63) is 52.2 Å². The van der Waals surface area contributed by atoms with Gasteiger partial charge in [-0.15, -0.1) is 11.3 Å². The number of imide groups is 1. The minimum absolute atomic E-state index is 0.145. The largest absolute Gasteiger partial charge is 0.497 e. The van der Waals surface area contributed by atoms with Crippen LogP contribution in [0.3, 0.4) is 0 Å². The predicted octanol–water partition coefficient (Wildman–Crippen LogP) is 2.65. The number of methoxy groups -OCH3 is 1. The van der Waals surface area contributed by atoms with E-state index in [0.29, 0.717) is 6.54 Å². The average Bonchev–Trinajstić information content (AvgIpc) is 3.14. The summed E-state index contributed by atoms with van der Waals surface area (Å²) in [5, 5.41) is 6.78. The van der Waals surface area contributed by atoms with Crippen LogP contribution in [0.2, 0.25) is 0 Å². The number of hydrogen-bond acceptors (Lipinski definition) is 5. The van der Waals surface area contributed by atoms with Crippen molar-refractivity contribution >= 4 is 23.3 Å². The van der Waals surface area contributed by atoms with Crippen LogP contribution >= 0.6 is 11.3 Å². The van der Waals surface area contributed by atoms with Crippen molar-refractivity contribution in [2.75, 3.05) is 20.7 Å². The lowest BCUT2D eigenvalue weighted by atomic mass is 10.1. The van der Waals surface area contributed by atoms with Gasteiger partial charge in [-0.1, -0.05) is 18.2 Å². The Balaban J connectivity index is 2.08. The maximum atomic E-state index is 12.2. The smallest absolute Gasteiger partial charge is 0.321 e. The Labute approximate surface area is 158 Å². The van der Waals surface area contributed by atoms with Crippen LogP contribution in [0, 0.1) is 0 Å². The standard InChI is InChI=1S/C19H25N3O3S/c1-14(11-17-5-4-10-26-17)22(13-18(23)21-19(24)20-2)12-15-6-8-16(25-3)9-7-15/h4-10,14H,11-13H2,1-3H3,(H2,20,21,23,24)/t14-/m0/s1. The number of nitrogens with one attached hydrogen (secondary N) is 2. The van der Waals surface area contributed by atoms with Crippen molar-refractivity contribution in [1.82, 2.24) is 15.5 Å². The third-order valence-electron chi connectivity index (χ3n) is 4.07. The molecule has 2 N–H and O–H groups in total. The molecular weight excluding hydrogens is 350 g/mol. The van der Waals surface area contributed by atoms with Crippen LogP contribution in [-0.2, 0) is 17.8 Å². The maximum Gasteiger partial charge on any atom is 0.321 e. The zero-order valence-electron chi connectivity index (χ0n) is 15.3. The number of rotatable bonds is 8. The quantitative estimate of drug-likeness (QED) is 0.744. The van der Waals surface area contributed by atoms with E-state index in [1.165, 1.54) is 11.9 Å². The van der Waals surface area contributed by atoms with Gasteiger partial charge < -0.3 is 10.1 Å². The number of urea groups is 1. The fraction of sp³-hybridized carbons (Fsp3) is 0.368. The first kappa shape index (κ1) is 19.9. The summed E-state index contributed by atoms with van der Waals surface area (Å²) in [6, 6.07) is 11.6. The molecule has 0 saturated carbocycles. The van der Waals surface area contributed by atoms with Gasteiger partial charge in [-0.05, 0) is 42.5 Å². The van der Waals surface area contributed by atoms with Crippen LogP contribution in [0.4, 0.5) is 4.79 Å². The number of amides is 3. The first-order valence-corrected chi connectivity index (χ1v) is 9.30. The number of carbonyl (C=O) groups excluding carboxylic acids is 2. The highest BCUT2D eigenvalue weighted by Gasteiger charge is 2.19. The summed E-state index contributed by atoms with van der Waals surface area (Å²) in [7, 11) is 3.12. The molecule has 0 aliphatic heterocycles. The predicted molar refractivity (Wildman–Crippen MR) is 103 cm³/mol. The average molecular weight is 375 g/mol. The molecule has 6 nitrogen and oxygen atoms in total. The molecule has 0 saturated heterocycles.